The van der Waals surface area contributed by atoms with Crippen molar-refractivity contribution in [1.82, 2.24) is 9.62 Å². The first-order valence-electron chi connectivity index (χ1n) is 10.3. The summed E-state index contributed by atoms with van der Waals surface area (Å²) in [5.41, 5.74) is 2.82. The molecule has 1 heterocycles. The Morgan fingerprint density at radius 3 is 2.44 bits per heavy atom. The van der Waals surface area contributed by atoms with Crippen molar-refractivity contribution in [3.8, 4) is 11.5 Å². The number of hydrogen-bond acceptors (Lipinski definition) is 6. The number of halogens is 1. The number of carbonyl (C=O) groups excluding carboxylic acids is 1. The zero-order valence-corrected chi connectivity index (χ0v) is 20.0. The Labute approximate surface area is 193 Å². The molecule has 3 rings (SSSR count). The molecule has 1 aliphatic heterocycles. The van der Waals surface area contributed by atoms with Gasteiger partial charge in [-0.2, -0.15) is 0 Å². The molecular formula is C22H28ClN3O5S. The molecule has 0 saturated carbocycles. The molecule has 0 fully saturated rings. The molecule has 174 valence electrons. The average Bonchev–Trinajstić information content (AvgIpc) is 2.76. The number of anilines is 1. The lowest BCUT2D eigenvalue weighted by Gasteiger charge is -2.29. The fraction of sp³-hybridized carbons (Fsp3) is 0.409. The monoisotopic (exact) mass is 481 g/mol. The van der Waals surface area contributed by atoms with Gasteiger partial charge in [0.25, 0.3) is 0 Å². The normalized spacial score (nSPS) is 14.0. The van der Waals surface area contributed by atoms with Crippen LogP contribution in [0.5, 0.6) is 11.5 Å². The summed E-state index contributed by atoms with van der Waals surface area (Å²) in [4.78, 5) is 13.5. The van der Waals surface area contributed by atoms with Crippen LogP contribution in [0.2, 0.25) is 5.02 Å². The van der Waals surface area contributed by atoms with Gasteiger partial charge in [-0.1, -0.05) is 11.6 Å². The SMILES string of the molecule is COc1cc2c(cc1OC)CN(CCCNS(=O)(=O)c1ccc(NC(C)=O)c(Cl)c1)CC2. The molecule has 1 aliphatic rings. The Hall–Kier alpha value is -2.33. The minimum absolute atomic E-state index is 0.0598. The first-order valence-corrected chi connectivity index (χ1v) is 12.1. The van der Waals surface area contributed by atoms with Crippen LogP contribution >= 0.6 is 11.6 Å². The lowest BCUT2D eigenvalue weighted by atomic mass is 9.98. The van der Waals surface area contributed by atoms with Crippen LogP contribution in [0.15, 0.2) is 35.2 Å². The molecule has 0 aliphatic carbocycles. The number of benzene rings is 2. The lowest BCUT2D eigenvalue weighted by Crippen LogP contribution is -2.33. The molecule has 10 heteroatoms. The molecule has 1 amide bonds. The van der Waals surface area contributed by atoms with E-state index >= 15 is 0 Å². The predicted octanol–water partition coefficient (Wildman–Crippen LogP) is 3.04. The lowest BCUT2D eigenvalue weighted by molar-refractivity contribution is -0.114. The molecule has 32 heavy (non-hydrogen) atoms. The molecule has 0 unspecified atom stereocenters. The third-order valence-corrected chi connectivity index (χ3v) is 7.07. The molecule has 0 bridgehead atoms. The maximum atomic E-state index is 12.6. The van der Waals surface area contributed by atoms with E-state index < -0.39 is 10.0 Å². The average molecular weight is 482 g/mol. The molecule has 0 aromatic heterocycles. The summed E-state index contributed by atoms with van der Waals surface area (Å²) in [6, 6.07) is 8.27. The number of amides is 1. The first-order chi connectivity index (χ1) is 15.2. The van der Waals surface area contributed by atoms with Crippen molar-refractivity contribution in [2.75, 3.05) is 39.2 Å². The van der Waals surface area contributed by atoms with E-state index in [4.69, 9.17) is 21.1 Å². The maximum Gasteiger partial charge on any atom is 0.240 e. The highest BCUT2D eigenvalue weighted by Gasteiger charge is 2.20. The van der Waals surface area contributed by atoms with Gasteiger partial charge in [0, 0.05) is 26.6 Å². The van der Waals surface area contributed by atoms with Gasteiger partial charge in [-0.05, 0) is 60.8 Å². The van der Waals surface area contributed by atoms with Crippen molar-refractivity contribution >= 4 is 33.2 Å². The van der Waals surface area contributed by atoms with E-state index in [9.17, 15) is 13.2 Å². The third-order valence-electron chi connectivity index (χ3n) is 5.30. The smallest absolute Gasteiger partial charge is 0.240 e. The summed E-state index contributed by atoms with van der Waals surface area (Å²) >= 11 is 6.09. The standard InChI is InChI=1S/C22H28ClN3O5S/c1-15(27)25-20-6-5-18(13-19(20)23)32(28,29)24-8-4-9-26-10-7-16-11-21(30-2)22(31-3)12-17(16)14-26/h5-6,11-13,24H,4,7-10,14H2,1-3H3,(H,25,27). The van der Waals surface area contributed by atoms with Gasteiger partial charge in [-0.3, -0.25) is 9.69 Å². The van der Waals surface area contributed by atoms with Gasteiger partial charge in [0.1, 0.15) is 0 Å². The Morgan fingerprint density at radius 1 is 1.12 bits per heavy atom. The van der Waals surface area contributed by atoms with Gasteiger partial charge in [0.05, 0.1) is 29.8 Å². The fourth-order valence-corrected chi connectivity index (χ4v) is 5.07. The van der Waals surface area contributed by atoms with E-state index in [2.05, 4.69) is 14.9 Å². The van der Waals surface area contributed by atoms with Crippen LogP contribution in [0.25, 0.3) is 0 Å². The van der Waals surface area contributed by atoms with Crippen LogP contribution in [0, 0.1) is 0 Å². The minimum Gasteiger partial charge on any atom is -0.493 e. The number of ether oxygens (including phenoxy) is 2. The molecule has 2 aromatic carbocycles. The largest absolute Gasteiger partial charge is 0.493 e. The van der Waals surface area contributed by atoms with Gasteiger partial charge >= 0.3 is 0 Å². The number of rotatable bonds is 9. The number of sulfonamides is 1. The molecule has 2 N–H and O–H groups in total. The molecule has 0 atom stereocenters. The van der Waals surface area contributed by atoms with Gasteiger partial charge in [-0.25, -0.2) is 13.1 Å². The van der Waals surface area contributed by atoms with Gasteiger partial charge < -0.3 is 14.8 Å². The topological polar surface area (TPSA) is 97.0 Å². The van der Waals surface area contributed by atoms with Gasteiger partial charge in [0.15, 0.2) is 11.5 Å². The van der Waals surface area contributed by atoms with E-state index in [0.717, 1.165) is 31.8 Å². The van der Waals surface area contributed by atoms with E-state index in [1.165, 1.54) is 36.2 Å². The maximum absolute atomic E-state index is 12.6. The number of nitrogens with one attached hydrogen (secondary N) is 2. The second-order valence-electron chi connectivity index (χ2n) is 7.58. The van der Waals surface area contributed by atoms with E-state index in [0.29, 0.717) is 24.4 Å². The van der Waals surface area contributed by atoms with Crippen LogP contribution < -0.4 is 19.5 Å². The Kier molecular flexibility index (Phi) is 8.00. The van der Waals surface area contributed by atoms with Crippen molar-refractivity contribution < 1.29 is 22.7 Å². The highest BCUT2D eigenvalue weighted by molar-refractivity contribution is 7.89. The van der Waals surface area contributed by atoms with Crippen molar-refractivity contribution in [2.24, 2.45) is 0 Å². The Bertz CT molecular complexity index is 1090. The van der Waals surface area contributed by atoms with E-state index in [1.807, 2.05) is 12.1 Å². The van der Waals surface area contributed by atoms with Crippen LogP contribution in [0.3, 0.4) is 0 Å². The fourth-order valence-electron chi connectivity index (χ4n) is 3.68. The zero-order chi connectivity index (χ0) is 23.3. The highest BCUT2D eigenvalue weighted by Crippen LogP contribution is 2.33. The molecular weight excluding hydrogens is 454 g/mol. The van der Waals surface area contributed by atoms with Crippen LogP contribution in [0.4, 0.5) is 5.69 Å². The number of hydrogen-bond donors (Lipinski definition) is 2. The van der Waals surface area contributed by atoms with Gasteiger partial charge in [-0.15, -0.1) is 0 Å². The summed E-state index contributed by atoms with van der Waals surface area (Å²) in [6.45, 7) is 4.11. The summed E-state index contributed by atoms with van der Waals surface area (Å²) in [5, 5.41) is 2.72. The zero-order valence-electron chi connectivity index (χ0n) is 18.4. The summed E-state index contributed by atoms with van der Waals surface area (Å²) in [5.74, 6) is 1.17. The second-order valence-corrected chi connectivity index (χ2v) is 9.75. The quantitative estimate of drug-likeness (QED) is 0.534. The van der Waals surface area contributed by atoms with E-state index in [-0.39, 0.29) is 15.8 Å². The summed E-state index contributed by atoms with van der Waals surface area (Å²) in [6.07, 6.45) is 1.57. The Balaban J connectivity index is 1.53. The molecule has 2 aromatic rings. The summed E-state index contributed by atoms with van der Waals surface area (Å²) < 4.78 is 38.5. The number of fused-ring (bicyclic) bond motifs is 1. The van der Waals surface area contributed by atoms with Crippen LogP contribution in [-0.4, -0.2) is 53.1 Å². The van der Waals surface area contributed by atoms with E-state index in [1.54, 1.807) is 14.2 Å². The van der Waals surface area contributed by atoms with Crippen molar-refractivity contribution in [2.45, 2.75) is 31.2 Å². The summed E-state index contributed by atoms with van der Waals surface area (Å²) in [7, 11) is -0.439. The molecule has 8 nitrogen and oxygen atoms in total. The number of methoxy groups -OCH3 is 2. The van der Waals surface area contributed by atoms with Crippen LogP contribution in [0.1, 0.15) is 24.5 Å². The third kappa shape index (κ3) is 5.92. The molecule has 0 saturated heterocycles. The number of nitrogens with zero attached hydrogens (tertiary/aromatic N) is 1. The van der Waals surface area contributed by atoms with Crippen molar-refractivity contribution in [1.29, 1.82) is 0 Å². The Morgan fingerprint density at radius 2 is 1.81 bits per heavy atom. The highest BCUT2D eigenvalue weighted by atomic mass is 35.5. The molecule has 0 spiro atoms. The van der Waals surface area contributed by atoms with Crippen LogP contribution in [-0.2, 0) is 27.8 Å². The minimum atomic E-state index is -3.69. The van der Waals surface area contributed by atoms with Crippen molar-refractivity contribution in [3.05, 3.63) is 46.5 Å². The molecule has 0 radical (unpaired) electrons. The first kappa shape index (κ1) is 24.3. The predicted molar refractivity (Wildman–Crippen MR) is 124 cm³/mol. The van der Waals surface area contributed by atoms with Crippen molar-refractivity contribution in [3.63, 3.8) is 0 Å². The van der Waals surface area contributed by atoms with Gasteiger partial charge in [0.2, 0.25) is 15.9 Å². The second kappa shape index (κ2) is 10.5. The number of carbonyl (C=O) groups is 1.